The van der Waals surface area contributed by atoms with Gasteiger partial charge in [-0.05, 0) is 25.0 Å². The number of alkyl halides is 3. The van der Waals surface area contributed by atoms with E-state index < -0.39 is 33.9 Å². The molecule has 0 bridgehead atoms. The molecule has 0 atom stereocenters. The van der Waals surface area contributed by atoms with Crippen molar-refractivity contribution in [3.05, 3.63) is 17.9 Å². The van der Waals surface area contributed by atoms with Crippen LogP contribution in [0.4, 0.5) is 13.2 Å². The van der Waals surface area contributed by atoms with Crippen LogP contribution in [-0.2, 0) is 16.6 Å². The number of furan rings is 1. The van der Waals surface area contributed by atoms with Crippen LogP contribution >= 0.6 is 0 Å². The summed E-state index contributed by atoms with van der Waals surface area (Å²) in [6, 6.07) is 1.87. The van der Waals surface area contributed by atoms with Crippen LogP contribution in [0.25, 0.3) is 0 Å². The second-order valence-corrected chi connectivity index (χ2v) is 6.14. The van der Waals surface area contributed by atoms with Gasteiger partial charge in [-0.2, -0.15) is 17.5 Å². The first-order chi connectivity index (χ1) is 8.74. The quantitative estimate of drug-likeness (QED) is 0.892. The molecule has 5 nitrogen and oxygen atoms in total. The van der Waals surface area contributed by atoms with E-state index in [1.165, 1.54) is 6.07 Å². The fourth-order valence-electron chi connectivity index (χ4n) is 1.67. The normalized spacial score (nSPS) is 17.1. The third kappa shape index (κ3) is 3.28. The molecular weight excluding hydrogens is 285 g/mol. The summed E-state index contributed by atoms with van der Waals surface area (Å²) >= 11 is 0. The molecule has 19 heavy (non-hydrogen) atoms. The summed E-state index contributed by atoms with van der Waals surface area (Å²) < 4.78 is 67.0. The van der Waals surface area contributed by atoms with Gasteiger partial charge in [0.1, 0.15) is 12.3 Å². The van der Waals surface area contributed by atoms with Crippen LogP contribution < -0.4 is 5.73 Å². The molecule has 1 aliphatic carbocycles. The summed E-state index contributed by atoms with van der Waals surface area (Å²) in [5.74, 6) is 0.210. The average Bonchev–Trinajstić information content (AvgIpc) is 3.00. The van der Waals surface area contributed by atoms with Crippen LogP contribution in [0.5, 0.6) is 0 Å². The zero-order valence-electron chi connectivity index (χ0n) is 9.85. The highest BCUT2D eigenvalue weighted by Gasteiger charge is 2.45. The number of rotatable bonds is 5. The van der Waals surface area contributed by atoms with Crippen LogP contribution in [0.1, 0.15) is 18.6 Å². The van der Waals surface area contributed by atoms with E-state index in [0.717, 1.165) is 6.07 Å². The van der Waals surface area contributed by atoms with Crippen molar-refractivity contribution < 1.29 is 26.0 Å². The molecule has 0 amide bonds. The molecule has 2 N–H and O–H groups in total. The molecule has 1 aliphatic rings. The summed E-state index contributed by atoms with van der Waals surface area (Å²) in [6.45, 7) is -1.52. The van der Waals surface area contributed by atoms with E-state index >= 15 is 0 Å². The zero-order valence-corrected chi connectivity index (χ0v) is 10.7. The predicted octanol–water partition coefficient (Wildman–Crippen LogP) is 1.45. The molecule has 0 unspecified atom stereocenters. The molecule has 0 aromatic carbocycles. The molecule has 9 heteroatoms. The van der Waals surface area contributed by atoms with Crippen molar-refractivity contribution >= 4 is 10.0 Å². The minimum absolute atomic E-state index is 0.0157. The van der Waals surface area contributed by atoms with Crippen molar-refractivity contribution in [3.63, 3.8) is 0 Å². The standard InChI is InChI=1S/C10H13F3N2O3S/c11-10(12,13)6-15(7-1-2-7)19(16,17)9-4-3-8(5-14)18-9/h3-4,7H,1-2,5-6,14H2. The van der Waals surface area contributed by atoms with Gasteiger partial charge in [0.2, 0.25) is 5.09 Å². The lowest BCUT2D eigenvalue weighted by molar-refractivity contribution is -0.137. The molecule has 1 aromatic heterocycles. The fraction of sp³-hybridized carbons (Fsp3) is 0.600. The molecule has 0 spiro atoms. The van der Waals surface area contributed by atoms with E-state index in [9.17, 15) is 21.6 Å². The van der Waals surface area contributed by atoms with E-state index in [0.29, 0.717) is 17.1 Å². The first-order valence-electron chi connectivity index (χ1n) is 5.61. The Morgan fingerprint density at radius 1 is 1.37 bits per heavy atom. The van der Waals surface area contributed by atoms with Gasteiger partial charge in [-0.15, -0.1) is 0 Å². The first kappa shape index (κ1) is 14.4. The maximum absolute atomic E-state index is 12.5. The fourth-order valence-corrected chi connectivity index (χ4v) is 3.27. The van der Waals surface area contributed by atoms with Gasteiger partial charge >= 0.3 is 6.18 Å². The van der Waals surface area contributed by atoms with Crippen molar-refractivity contribution in [1.82, 2.24) is 4.31 Å². The third-order valence-electron chi connectivity index (χ3n) is 2.69. The minimum atomic E-state index is -4.58. The third-order valence-corrected chi connectivity index (χ3v) is 4.46. The zero-order chi connectivity index (χ0) is 14.3. The molecular formula is C10H13F3N2O3S. The molecule has 1 heterocycles. The first-order valence-corrected chi connectivity index (χ1v) is 7.05. The van der Waals surface area contributed by atoms with Crippen molar-refractivity contribution in [2.24, 2.45) is 5.73 Å². The Bertz CT molecular complexity index is 549. The van der Waals surface area contributed by atoms with E-state index in [4.69, 9.17) is 10.2 Å². The molecule has 0 saturated heterocycles. The molecule has 108 valence electrons. The van der Waals surface area contributed by atoms with E-state index in [-0.39, 0.29) is 12.3 Å². The Hall–Kier alpha value is -1.06. The topological polar surface area (TPSA) is 76.5 Å². The second kappa shape index (κ2) is 4.80. The number of hydrogen-bond acceptors (Lipinski definition) is 4. The molecule has 0 radical (unpaired) electrons. The average molecular weight is 298 g/mol. The van der Waals surface area contributed by atoms with Gasteiger partial charge in [-0.25, -0.2) is 8.42 Å². The Morgan fingerprint density at radius 2 is 2.00 bits per heavy atom. The monoisotopic (exact) mass is 298 g/mol. The van der Waals surface area contributed by atoms with Gasteiger partial charge in [0.05, 0.1) is 6.54 Å². The number of sulfonamides is 1. The van der Waals surface area contributed by atoms with Gasteiger partial charge in [0.15, 0.2) is 0 Å². The van der Waals surface area contributed by atoms with Crippen molar-refractivity contribution in [2.75, 3.05) is 6.54 Å². The van der Waals surface area contributed by atoms with Crippen molar-refractivity contribution in [1.29, 1.82) is 0 Å². The molecule has 0 aliphatic heterocycles. The number of nitrogens with two attached hydrogens (primary N) is 1. The van der Waals surface area contributed by atoms with Crippen LogP contribution in [0.2, 0.25) is 0 Å². The molecule has 1 fully saturated rings. The SMILES string of the molecule is NCc1ccc(S(=O)(=O)N(CC(F)(F)F)C2CC2)o1. The van der Waals surface area contributed by atoms with Gasteiger partial charge in [0.25, 0.3) is 10.0 Å². The highest BCUT2D eigenvalue weighted by molar-refractivity contribution is 7.89. The van der Waals surface area contributed by atoms with E-state index in [2.05, 4.69) is 0 Å². The Balaban J connectivity index is 2.29. The van der Waals surface area contributed by atoms with Gasteiger partial charge in [0, 0.05) is 6.04 Å². The van der Waals surface area contributed by atoms with E-state index in [1.54, 1.807) is 0 Å². The van der Waals surface area contributed by atoms with Crippen molar-refractivity contribution in [3.8, 4) is 0 Å². The predicted molar refractivity (Wildman–Crippen MR) is 59.6 cm³/mol. The Labute approximate surface area is 108 Å². The second-order valence-electron chi connectivity index (χ2n) is 4.32. The van der Waals surface area contributed by atoms with Crippen LogP contribution in [0, 0.1) is 0 Å². The minimum Gasteiger partial charge on any atom is -0.447 e. The number of hydrogen-bond donors (Lipinski definition) is 1. The van der Waals surface area contributed by atoms with Gasteiger partial charge in [-0.1, -0.05) is 0 Å². The number of halogens is 3. The highest BCUT2D eigenvalue weighted by Crippen LogP contribution is 2.35. The Kier molecular flexibility index (Phi) is 3.63. The van der Waals surface area contributed by atoms with Crippen LogP contribution in [-0.4, -0.2) is 31.5 Å². The summed E-state index contributed by atoms with van der Waals surface area (Å²) in [4.78, 5) is 0. The molecule has 1 aromatic rings. The maximum atomic E-state index is 12.5. The van der Waals surface area contributed by atoms with Crippen LogP contribution in [0.3, 0.4) is 0 Å². The van der Waals surface area contributed by atoms with E-state index in [1.807, 2.05) is 0 Å². The number of nitrogens with zero attached hydrogens (tertiary/aromatic N) is 1. The maximum Gasteiger partial charge on any atom is 0.402 e. The summed E-state index contributed by atoms with van der Waals surface area (Å²) in [5, 5.41) is -0.496. The largest absolute Gasteiger partial charge is 0.447 e. The summed E-state index contributed by atoms with van der Waals surface area (Å²) in [5.41, 5.74) is 5.27. The van der Waals surface area contributed by atoms with Crippen LogP contribution in [0.15, 0.2) is 21.6 Å². The molecule has 1 saturated carbocycles. The molecule has 2 rings (SSSR count). The van der Waals surface area contributed by atoms with Crippen molar-refractivity contribution in [2.45, 2.75) is 36.7 Å². The lowest BCUT2D eigenvalue weighted by atomic mass is 10.5. The van der Waals surface area contributed by atoms with Gasteiger partial charge in [-0.3, -0.25) is 0 Å². The summed E-state index contributed by atoms with van der Waals surface area (Å²) in [6.07, 6.45) is -3.72. The smallest absolute Gasteiger partial charge is 0.402 e. The highest BCUT2D eigenvalue weighted by atomic mass is 32.2. The lowest BCUT2D eigenvalue weighted by Gasteiger charge is -2.21. The van der Waals surface area contributed by atoms with Gasteiger partial charge < -0.3 is 10.2 Å². The Morgan fingerprint density at radius 3 is 2.42 bits per heavy atom. The lowest BCUT2D eigenvalue weighted by Crippen LogP contribution is -2.40. The summed E-state index contributed by atoms with van der Waals surface area (Å²) in [7, 11) is -4.27.